The molecule has 1 aliphatic heterocycles. The average molecular weight is 344 g/mol. The Morgan fingerprint density at radius 1 is 1.12 bits per heavy atom. The summed E-state index contributed by atoms with van der Waals surface area (Å²) in [4.78, 5) is 28.1. The summed E-state index contributed by atoms with van der Waals surface area (Å²) in [5.41, 5.74) is 0.748. The van der Waals surface area contributed by atoms with Crippen LogP contribution in [0.3, 0.4) is 0 Å². The molecular formula is C18H20N2O3S. The van der Waals surface area contributed by atoms with E-state index in [1.807, 2.05) is 26.0 Å². The number of rotatable bonds is 6. The molecule has 6 heteroatoms. The van der Waals surface area contributed by atoms with Gasteiger partial charge in [0.05, 0.1) is 0 Å². The number of para-hydroxylation sites is 1. The third kappa shape index (κ3) is 3.38. The standard InChI is InChI=1S/C18H20N2O3S/c1-4-11-23-15-10-8-7-9-13(15)12-14-16(21)19(5-2)18(24)20(6-3)17(14)22/h4,7-10,12H,1,5-6,11H2,2-3H3. The molecule has 1 aromatic carbocycles. The minimum Gasteiger partial charge on any atom is -0.489 e. The van der Waals surface area contributed by atoms with E-state index in [0.717, 1.165) is 0 Å². The van der Waals surface area contributed by atoms with E-state index in [4.69, 9.17) is 17.0 Å². The Balaban J connectivity index is 2.47. The summed E-state index contributed by atoms with van der Waals surface area (Å²) < 4.78 is 5.59. The lowest BCUT2D eigenvalue weighted by Crippen LogP contribution is -2.55. The van der Waals surface area contributed by atoms with Crippen molar-refractivity contribution in [1.82, 2.24) is 9.80 Å². The van der Waals surface area contributed by atoms with Gasteiger partial charge in [0.1, 0.15) is 17.9 Å². The van der Waals surface area contributed by atoms with E-state index >= 15 is 0 Å². The molecule has 1 heterocycles. The van der Waals surface area contributed by atoms with Gasteiger partial charge in [-0.05, 0) is 38.2 Å². The topological polar surface area (TPSA) is 49.9 Å². The summed E-state index contributed by atoms with van der Waals surface area (Å²) in [5.74, 6) is -0.170. The van der Waals surface area contributed by atoms with Crippen molar-refractivity contribution in [3.63, 3.8) is 0 Å². The number of carbonyl (C=O) groups excluding carboxylic acids is 2. The van der Waals surface area contributed by atoms with Crippen molar-refractivity contribution in [3.05, 3.63) is 48.1 Å². The van der Waals surface area contributed by atoms with Crippen molar-refractivity contribution in [3.8, 4) is 5.75 Å². The molecule has 0 saturated carbocycles. The second-order valence-electron chi connectivity index (χ2n) is 5.08. The van der Waals surface area contributed by atoms with E-state index in [9.17, 15) is 9.59 Å². The van der Waals surface area contributed by atoms with Crippen LogP contribution in [0.4, 0.5) is 0 Å². The van der Waals surface area contributed by atoms with Gasteiger partial charge in [-0.3, -0.25) is 19.4 Å². The molecule has 0 bridgehead atoms. The Bertz CT molecular complexity index is 684. The first kappa shape index (κ1) is 17.9. The largest absolute Gasteiger partial charge is 0.489 e. The lowest BCUT2D eigenvalue weighted by atomic mass is 10.1. The Labute approximate surface area is 147 Å². The summed E-state index contributed by atoms with van der Waals surface area (Å²) in [6.07, 6.45) is 3.20. The zero-order chi connectivity index (χ0) is 17.7. The second-order valence-corrected chi connectivity index (χ2v) is 5.44. The van der Waals surface area contributed by atoms with Crippen LogP contribution in [-0.4, -0.2) is 46.4 Å². The van der Waals surface area contributed by atoms with E-state index < -0.39 is 0 Å². The first-order chi connectivity index (χ1) is 11.5. The molecule has 0 aromatic heterocycles. The van der Waals surface area contributed by atoms with Crippen molar-refractivity contribution in [2.45, 2.75) is 13.8 Å². The van der Waals surface area contributed by atoms with Gasteiger partial charge in [0.2, 0.25) is 0 Å². The van der Waals surface area contributed by atoms with Crippen LogP contribution in [0.25, 0.3) is 6.08 Å². The summed E-state index contributed by atoms with van der Waals surface area (Å²) in [6, 6.07) is 7.24. The van der Waals surface area contributed by atoms with Gasteiger partial charge in [-0.2, -0.15) is 0 Å². The van der Waals surface area contributed by atoms with E-state index in [0.29, 0.717) is 31.0 Å². The van der Waals surface area contributed by atoms with Crippen molar-refractivity contribution in [2.75, 3.05) is 19.7 Å². The van der Waals surface area contributed by atoms with E-state index in [-0.39, 0.29) is 22.5 Å². The summed E-state index contributed by atoms with van der Waals surface area (Å²) in [5, 5.41) is 0.253. The minimum atomic E-state index is -0.379. The van der Waals surface area contributed by atoms with Crippen LogP contribution in [0.15, 0.2) is 42.5 Å². The van der Waals surface area contributed by atoms with Crippen molar-refractivity contribution < 1.29 is 14.3 Å². The Hall–Kier alpha value is -2.47. The van der Waals surface area contributed by atoms with Crippen molar-refractivity contribution in [2.24, 2.45) is 0 Å². The molecule has 0 radical (unpaired) electrons. The number of ether oxygens (including phenoxy) is 1. The summed E-state index contributed by atoms with van der Waals surface area (Å²) >= 11 is 5.25. The molecule has 2 amide bonds. The SMILES string of the molecule is C=CCOc1ccccc1C=C1C(=O)N(CC)C(=S)N(CC)C1=O. The molecule has 0 spiro atoms. The van der Waals surface area contributed by atoms with E-state index in [1.54, 1.807) is 24.3 Å². The number of nitrogens with zero attached hydrogens (tertiary/aromatic N) is 2. The van der Waals surface area contributed by atoms with Gasteiger partial charge in [-0.1, -0.05) is 30.9 Å². The first-order valence-corrected chi connectivity index (χ1v) is 8.18. The van der Waals surface area contributed by atoms with Gasteiger partial charge < -0.3 is 4.74 Å². The van der Waals surface area contributed by atoms with Gasteiger partial charge in [-0.25, -0.2) is 0 Å². The lowest BCUT2D eigenvalue weighted by Gasteiger charge is -2.35. The van der Waals surface area contributed by atoms with Gasteiger partial charge >= 0.3 is 0 Å². The van der Waals surface area contributed by atoms with Crippen LogP contribution in [-0.2, 0) is 9.59 Å². The van der Waals surface area contributed by atoms with Crippen LogP contribution < -0.4 is 4.74 Å². The molecule has 2 rings (SSSR count). The zero-order valence-corrected chi connectivity index (χ0v) is 14.6. The molecule has 0 aliphatic carbocycles. The second kappa shape index (κ2) is 7.88. The van der Waals surface area contributed by atoms with Crippen LogP contribution in [0.5, 0.6) is 5.75 Å². The van der Waals surface area contributed by atoms with E-state index in [2.05, 4.69) is 6.58 Å². The predicted molar refractivity (Wildman–Crippen MR) is 97.5 cm³/mol. The summed E-state index contributed by atoms with van der Waals surface area (Å²) in [7, 11) is 0. The maximum Gasteiger partial charge on any atom is 0.265 e. The number of hydrogen-bond donors (Lipinski definition) is 0. The Kier molecular flexibility index (Phi) is 5.87. The molecular weight excluding hydrogens is 324 g/mol. The molecule has 1 fully saturated rings. The van der Waals surface area contributed by atoms with E-state index in [1.165, 1.54) is 9.80 Å². The third-order valence-electron chi connectivity index (χ3n) is 3.62. The molecule has 1 saturated heterocycles. The molecule has 1 aromatic rings. The maximum atomic E-state index is 12.6. The number of amides is 2. The van der Waals surface area contributed by atoms with Gasteiger partial charge in [0.25, 0.3) is 11.8 Å². The smallest absolute Gasteiger partial charge is 0.265 e. The molecule has 0 N–H and O–H groups in total. The zero-order valence-electron chi connectivity index (χ0n) is 13.8. The fourth-order valence-electron chi connectivity index (χ4n) is 2.42. The normalized spacial score (nSPS) is 14.9. The predicted octanol–water partition coefficient (Wildman–Crippen LogP) is 2.63. The first-order valence-electron chi connectivity index (χ1n) is 7.77. The lowest BCUT2D eigenvalue weighted by molar-refractivity contribution is -0.133. The number of hydrogen-bond acceptors (Lipinski definition) is 4. The molecule has 0 unspecified atom stereocenters. The quantitative estimate of drug-likeness (QED) is 0.344. The van der Waals surface area contributed by atoms with Crippen molar-refractivity contribution in [1.29, 1.82) is 0 Å². The van der Waals surface area contributed by atoms with Crippen LogP contribution in [0.1, 0.15) is 19.4 Å². The highest BCUT2D eigenvalue weighted by atomic mass is 32.1. The summed E-state index contributed by atoms with van der Waals surface area (Å²) in [6.45, 7) is 8.43. The molecule has 24 heavy (non-hydrogen) atoms. The van der Waals surface area contributed by atoms with Crippen LogP contribution >= 0.6 is 12.2 Å². The van der Waals surface area contributed by atoms with Crippen LogP contribution in [0, 0.1) is 0 Å². The van der Waals surface area contributed by atoms with Gasteiger partial charge in [0.15, 0.2) is 5.11 Å². The minimum absolute atomic E-state index is 0.0851. The highest BCUT2D eigenvalue weighted by Crippen LogP contribution is 2.25. The monoisotopic (exact) mass is 344 g/mol. The average Bonchev–Trinajstić information content (AvgIpc) is 2.58. The number of carbonyl (C=O) groups is 2. The molecule has 126 valence electrons. The van der Waals surface area contributed by atoms with Crippen molar-refractivity contribution >= 4 is 35.2 Å². The van der Waals surface area contributed by atoms with Crippen LogP contribution in [0.2, 0.25) is 0 Å². The Morgan fingerprint density at radius 2 is 1.71 bits per heavy atom. The fraction of sp³-hybridized carbons (Fsp3) is 0.278. The molecule has 0 atom stereocenters. The van der Waals surface area contributed by atoms with Gasteiger partial charge in [-0.15, -0.1) is 0 Å². The number of likely N-dealkylation sites (N-methyl/N-ethyl adjacent to an activating group) is 2. The Morgan fingerprint density at radius 3 is 2.25 bits per heavy atom. The molecule has 1 aliphatic rings. The maximum absolute atomic E-state index is 12.6. The molecule has 5 nitrogen and oxygen atoms in total. The fourth-order valence-corrected chi connectivity index (χ4v) is 2.84. The number of benzene rings is 1. The highest BCUT2D eigenvalue weighted by molar-refractivity contribution is 7.80. The number of thiocarbonyl (C=S) groups is 1. The van der Waals surface area contributed by atoms with Gasteiger partial charge in [0, 0.05) is 18.7 Å². The third-order valence-corrected chi connectivity index (χ3v) is 4.06. The highest BCUT2D eigenvalue weighted by Gasteiger charge is 2.37.